The first-order valence-electron chi connectivity index (χ1n) is 15.6. The molecule has 1 aromatic heterocycles. The van der Waals surface area contributed by atoms with Crippen LogP contribution in [0.3, 0.4) is 0 Å². The molecule has 1 atom stereocenters. The molecule has 49 heavy (non-hydrogen) atoms. The van der Waals surface area contributed by atoms with Crippen LogP contribution in [0.25, 0.3) is 11.4 Å². The van der Waals surface area contributed by atoms with Crippen LogP contribution in [0.2, 0.25) is 0 Å². The van der Waals surface area contributed by atoms with Crippen molar-refractivity contribution in [2.45, 2.75) is 31.3 Å². The number of carbonyl (C=O) groups excluding carboxylic acids is 2. The van der Waals surface area contributed by atoms with Crippen LogP contribution in [0, 0.1) is 0 Å². The van der Waals surface area contributed by atoms with Gasteiger partial charge in [0.1, 0.15) is 6.04 Å². The van der Waals surface area contributed by atoms with E-state index in [9.17, 15) is 19.2 Å². The number of halogens is 1. The largest absolute Gasteiger partial charge is 0.370 e. The molecule has 0 saturated carbocycles. The highest BCUT2D eigenvalue weighted by molar-refractivity contribution is 5.92. The van der Waals surface area contributed by atoms with Gasteiger partial charge in [0.15, 0.2) is 5.96 Å². The fourth-order valence-corrected chi connectivity index (χ4v) is 5.77. The lowest BCUT2D eigenvalue weighted by atomic mass is 9.89. The minimum atomic E-state index is -1.08. The molecule has 5 rings (SSSR count). The number of aromatic nitrogens is 3. The van der Waals surface area contributed by atoms with Gasteiger partial charge in [0.2, 0.25) is 11.8 Å². The normalized spacial score (nSPS) is 11.4. The summed E-state index contributed by atoms with van der Waals surface area (Å²) in [5, 5.41) is 0. The van der Waals surface area contributed by atoms with Crippen molar-refractivity contribution < 1.29 is 9.59 Å². The summed E-state index contributed by atoms with van der Waals surface area (Å²) in [7, 11) is 0. The van der Waals surface area contributed by atoms with Crippen LogP contribution in [0.4, 0.5) is 0 Å². The lowest BCUT2D eigenvalue weighted by Gasteiger charge is -2.33. The van der Waals surface area contributed by atoms with Crippen molar-refractivity contribution in [3.05, 3.63) is 153 Å². The summed E-state index contributed by atoms with van der Waals surface area (Å²) >= 11 is 0. The van der Waals surface area contributed by atoms with Gasteiger partial charge in [-0.2, -0.15) is 9.36 Å². The summed E-state index contributed by atoms with van der Waals surface area (Å²) in [4.78, 5) is 61.1. The van der Waals surface area contributed by atoms with E-state index in [0.717, 1.165) is 4.57 Å². The molecule has 2 amide bonds. The van der Waals surface area contributed by atoms with E-state index in [1.165, 1.54) is 14.3 Å². The first kappa shape index (κ1) is 36.0. The Morgan fingerprint density at radius 3 is 1.51 bits per heavy atom. The van der Waals surface area contributed by atoms with Gasteiger partial charge in [-0.15, -0.1) is 12.4 Å². The molecular weight excluding hydrogens is 644 g/mol. The molecule has 0 unspecified atom stereocenters. The average molecular weight is 683 g/mol. The van der Waals surface area contributed by atoms with Crippen molar-refractivity contribution in [2.75, 3.05) is 13.1 Å². The van der Waals surface area contributed by atoms with Gasteiger partial charge in [0.05, 0.1) is 23.8 Å². The molecule has 0 aliphatic rings. The molecular formula is C36H39ClN8O4. The minimum absolute atomic E-state index is 0. The predicted molar refractivity (Wildman–Crippen MR) is 192 cm³/mol. The molecule has 1 heterocycles. The zero-order valence-electron chi connectivity index (χ0n) is 26.7. The molecule has 254 valence electrons. The molecule has 6 N–H and O–H groups in total. The zero-order valence-corrected chi connectivity index (χ0v) is 27.6. The Balaban J connectivity index is 0.00000541. The van der Waals surface area contributed by atoms with E-state index in [2.05, 4.69) is 4.99 Å². The van der Waals surface area contributed by atoms with Crippen LogP contribution in [0.15, 0.2) is 136 Å². The molecule has 0 aliphatic heterocycles. The molecule has 0 radical (unpaired) electrons. The van der Waals surface area contributed by atoms with E-state index >= 15 is 0 Å². The third-order valence-corrected chi connectivity index (χ3v) is 8.02. The molecule has 12 nitrogen and oxygen atoms in total. The minimum Gasteiger partial charge on any atom is -0.370 e. The maximum atomic E-state index is 14.7. The Bertz CT molecular complexity index is 1860. The number of guanidine groups is 1. The van der Waals surface area contributed by atoms with Crippen LogP contribution in [0.5, 0.6) is 0 Å². The number of para-hydroxylation sites is 2. The molecule has 0 bridgehead atoms. The van der Waals surface area contributed by atoms with Gasteiger partial charge in [-0.3, -0.25) is 14.6 Å². The molecule has 0 aliphatic carbocycles. The summed E-state index contributed by atoms with van der Waals surface area (Å²) in [5.41, 5.74) is 18.1. The number of rotatable bonds is 14. The van der Waals surface area contributed by atoms with E-state index in [0.29, 0.717) is 28.9 Å². The maximum absolute atomic E-state index is 14.7. The SMILES string of the molecule is Cl.NC(=O)[C@@H](CCCN=C(N)N)N(CCn1c(=O)n(-c2ccccc2)n(-c2ccccc2)c1=O)C(=O)C(c1ccccc1)c1ccccc1. The topological polar surface area (TPSA) is 177 Å². The lowest BCUT2D eigenvalue weighted by molar-refractivity contribution is -0.140. The summed E-state index contributed by atoms with van der Waals surface area (Å²) < 4.78 is 3.65. The maximum Gasteiger partial charge on any atom is 0.352 e. The Kier molecular flexibility index (Phi) is 12.3. The van der Waals surface area contributed by atoms with E-state index in [-0.39, 0.29) is 44.4 Å². The van der Waals surface area contributed by atoms with E-state index in [1.807, 2.05) is 72.8 Å². The number of hydrogen-bond donors (Lipinski definition) is 3. The second kappa shape index (κ2) is 16.8. The molecule has 0 fully saturated rings. The number of amides is 2. The van der Waals surface area contributed by atoms with Crippen molar-refractivity contribution >= 4 is 30.2 Å². The number of nitrogens with two attached hydrogens (primary N) is 3. The third-order valence-electron chi connectivity index (χ3n) is 8.02. The summed E-state index contributed by atoms with van der Waals surface area (Å²) in [6.07, 6.45) is 0.504. The van der Waals surface area contributed by atoms with Gasteiger partial charge >= 0.3 is 11.4 Å². The summed E-state index contributed by atoms with van der Waals surface area (Å²) in [6, 6.07) is 34.9. The Labute approximate surface area is 289 Å². The molecule has 4 aromatic carbocycles. The monoisotopic (exact) mass is 682 g/mol. The van der Waals surface area contributed by atoms with E-state index in [1.54, 1.807) is 48.5 Å². The average Bonchev–Trinajstić information content (AvgIpc) is 3.35. The van der Waals surface area contributed by atoms with Crippen molar-refractivity contribution in [1.29, 1.82) is 0 Å². The highest BCUT2D eigenvalue weighted by atomic mass is 35.5. The van der Waals surface area contributed by atoms with Gasteiger partial charge in [-0.25, -0.2) is 14.2 Å². The lowest BCUT2D eigenvalue weighted by Crippen LogP contribution is -2.51. The van der Waals surface area contributed by atoms with Gasteiger partial charge < -0.3 is 22.1 Å². The summed E-state index contributed by atoms with van der Waals surface area (Å²) in [5.74, 6) is -2.02. The van der Waals surface area contributed by atoms with Gasteiger partial charge in [-0.1, -0.05) is 97.1 Å². The Hall–Kier alpha value is -5.88. The van der Waals surface area contributed by atoms with Crippen LogP contribution >= 0.6 is 12.4 Å². The van der Waals surface area contributed by atoms with Crippen LogP contribution in [0.1, 0.15) is 29.9 Å². The number of carbonyl (C=O) groups is 2. The summed E-state index contributed by atoms with van der Waals surface area (Å²) in [6.45, 7) is -0.145. The van der Waals surface area contributed by atoms with Crippen molar-refractivity contribution in [1.82, 2.24) is 18.8 Å². The smallest absolute Gasteiger partial charge is 0.352 e. The van der Waals surface area contributed by atoms with Crippen molar-refractivity contribution in [2.24, 2.45) is 22.2 Å². The van der Waals surface area contributed by atoms with E-state index in [4.69, 9.17) is 17.2 Å². The second-order valence-electron chi connectivity index (χ2n) is 11.2. The highest BCUT2D eigenvalue weighted by Gasteiger charge is 2.34. The van der Waals surface area contributed by atoms with Crippen LogP contribution < -0.4 is 28.6 Å². The number of nitrogens with zero attached hydrogens (tertiary/aromatic N) is 5. The standard InChI is InChI=1S/C36H38N8O4.ClH/c37-32(45)30(22-13-23-40-34(38)39)41(33(46)31(26-14-5-1-6-15-26)27-16-7-2-8-17-27)24-25-42-35(47)43(28-18-9-3-10-19-28)44(36(42)48)29-20-11-4-12-21-29;/h1-12,14-21,30-31H,13,22-25H2,(H2,37,45)(H4,38,39,40);1H/t30-;/m1./s1. The predicted octanol–water partition coefficient (Wildman–Crippen LogP) is 2.78. The molecule has 0 saturated heterocycles. The Morgan fingerprint density at radius 1 is 0.673 bits per heavy atom. The third kappa shape index (κ3) is 8.35. The van der Waals surface area contributed by atoms with Crippen LogP contribution in [-0.4, -0.2) is 55.7 Å². The molecule has 0 spiro atoms. The van der Waals surface area contributed by atoms with Crippen LogP contribution in [-0.2, 0) is 16.1 Å². The Morgan fingerprint density at radius 2 is 1.10 bits per heavy atom. The molecule has 5 aromatic rings. The number of aliphatic imine (C=N–C) groups is 1. The second-order valence-corrected chi connectivity index (χ2v) is 11.2. The fraction of sp³-hybridized carbons (Fsp3) is 0.194. The van der Waals surface area contributed by atoms with Crippen molar-refractivity contribution in [3.63, 3.8) is 0 Å². The van der Waals surface area contributed by atoms with Crippen molar-refractivity contribution in [3.8, 4) is 11.4 Å². The highest BCUT2D eigenvalue weighted by Crippen LogP contribution is 2.28. The quantitative estimate of drug-likeness (QED) is 0.0922. The van der Waals surface area contributed by atoms with Gasteiger partial charge in [0, 0.05) is 13.1 Å². The first-order valence-corrected chi connectivity index (χ1v) is 15.6. The number of benzene rings is 4. The first-order chi connectivity index (χ1) is 23.3. The van der Waals surface area contributed by atoms with Gasteiger partial charge in [-0.05, 0) is 48.2 Å². The number of hydrogen-bond acceptors (Lipinski definition) is 5. The fourth-order valence-electron chi connectivity index (χ4n) is 5.77. The van der Waals surface area contributed by atoms with E-state index < -0.39 is 35.2 Å². The van der Waals surface area contributed by atoms with Gasteiger partial charge in [0.25, 0.3) is 0 Å². The number of primary amides is 1. The molecule has 13 heteroatoms. The zero-order chi connectivity index (χ0) is 34.0.